The van der Waals surface area contributed by atoms with Crippen LogP contribution in [0.4, 0.5) is 17.1 Å². The molecule has 8 heteroatoms. The van der Waals surface area contributed by atoms with Crippen LogP contribution in [0.25, 0.3) is 0 Å². The molecule has 2 rings (SSSR count). The van der Waals surface area contributed by atoms with Gasteiger partial charge in [-0.05, 0) is 55.7 Å². The summed E-state index contributed by atoms with van der Waals surface area (Å²) in [5.41, 5.74) is 3.70. The molecule has 0 aliphatic heterocycles. The largest absolute Gasteiger partial charge is 0.326 e. The van der Waals surface area contributed by atoms with E-state index >= 15 is 0 Å². The third-order valence-electron chi connectivity index (χ3n) is 4.48. The molecule has 0 unspecified atom stereocenters. The number of benzene rings is 2. The Morgan fingerprint density at radius 2 is 1.62 bits per heavy atom. The Kier molecular flexibility index (Phi) is 7.39. The maximum atomic E-state index is 12.3. The number of sulfonamides is 1. The zero-order valence-corrected chi connectivity index (χ0v) is 18.0. The van der Waals surface area contributed by atoms with Crippen molar-refractivity contribution in [1.29, 1.82) is 0 Å². The number of hydrogen-bond acceptors (Lipinski definition) is 4. The number of aryl methyl sites for hydroxylation is 1. The Morgan fingerprint density at radius 1 is 1.00 bits per heavy atom. The molecule has 2 aromatic carbocycles. The normalized spacial score (nSPS) is 11.0. The highest BCUT2D eigenvalue weighted by molar-refractivity contribution is 7.92. The van der Waals surface area contributed by atoms with Gasteiger partial charge in [0, 0.05) is 31.3 Å². The van der Waals surface area contributed by atoms with Gasteiger partial charge in [-0.3, -0.25) is 13.9 Å². The van der Waals surface area contributed by atoms with E-state index in [2.05, 4.69) is 10.6 Å². The van der Waals surface area contributed by atoms with Crippen LogP contribution in [0.3, 0.4) is 0 Å². The van der Waals surface area contributed by atoms with Crippen LogP contribution in [0.2, 0.25) is 0 Å². The Labute approximate surface area is 172 Å². The van der Waals surface area contributed by atoms with Crippen molar-refractivity contribution in [1.82, 2.24) is 0 Å². The van der Waals surface area contributed by atoms with Gasteiger partial charge in [0.25, 0.3) is 0 Å². The van der Waals surface area contributed by atoms with Crippen molar-refractivity contribution in [2.75, 3.05) is 27.7 Å². The van der Waals surface area contributed by atoms with Crippen molar-refractivity contribution in [2.45, 2.75) is 33.6 Å². The number of carbonyl (C=O) groups is 2. The van der Waals surface area contributed by atoms with Crippen LogP contribution in [0, 0.1) is 13.8 Å². The van der Waals surface area contributed by atoms with Gasteiger partial charge in [-0.15, -0.1) is 0 Å². The van der Waals surface area contributed by atoms with E-state index in [1.165, 1.54) is 17.5 Å². The van der Waals surface area contributed by atoms with E-state index in [9.17, 15) is 18.0 Å². The summed E-state index contributed by atoms with van der Waals surface area (Å²) in [6, 6.07) is 12.4. The highest BCUT2D eigenvalue weighted by Crippen LogP contribution is 2.25. The predicted octanol–water partition coefficient (Wildman–Crippen LogP) is 3.45. The summed E-state index contributed by atoms with van der Waals surface area (Å²) in [7, 11) is -3.47. The first-order valence-corrected chi connectivity index (χ1v) is 11.1. The van der Waals surface area contributed by atoms with Gasteiger partial charge in [-0.2, -0.15) is 0 Å². The first kappa shape index (κ1) is 22.4. The lowest BCUT2D eigenvalue weighted by atomic mass is 10.1. The molecule has 0 fully saturated rings. The Hall–Kier alpha value is -2.87. The molecule has 0 aliphatic carbocycles. The Bertz CT molecular complexity index is 1000. The van der Waals surface area contributed by atoms with Crippen LogP contribution >= 0.6 is 0 Å². The van der Waals surface area contributed by atoms with Crippen LogP contribution in [0.15, 0.2) is 42.5 Å². The first-order valence-electron chi connectivity index (χ1n) is 9.29. The molecule has 0 atom stereocenters. The first-order chi connectivity index (χ1) is 13.6. The summed E-state index contributed by atoms with van der Waals surface area (Å²) < 4.78 is 25.9. The minimum atomic E-state index is -3.47. The van der Waals surface area contributed by atoms with E-state index in [0.717, 1.165) is 11.1 Å². The summed E-state index contributed by atoms with van der Waals surface area (Å²) in [6.45, 7) is 5.44. The summed E-state index contributed by atoms with van der Waals surface area (Å²) >= 11 is 0. The predicted molar refractivity (Wildman–Crippen MR) is 117 cm³/mol. The average Bonchev–Trinajstić information content (AvgIpc) is 2.60. The lowest BCUT2D eigenvalue weighted by Crippen LogP contribution is -2.32. The second-order valence-corrected chi connectivity index (χ2v) is 8.87. The van der Waals surface area contributed by atoms with Crippen molar-refractivity contribution in [3.8, 4) is 0 Å². The van der Waals surface area contributed by atoms with Crippen LogP contribution in [0.1, 0.15) is 30.9 Å². The van der Waals surface area contributed by atoms with E-state index in [4.69, 9.17) is 0 Å². The number of nitrogens with one attached hydrogen (secondary N) is 2. The zero-order chi connectivity index (χ0) is 21.6. The van der Waals surface area contributed by atoms with Gasteiger partial charge in [-0.25, -0.2) is 8.42 Å². The van der Waals surface area contributed by atoms with Gasteiger partial charge in [-0.1, -0.05) is 18.2 Å². The molecule has 0 radical (unpaired) electrons. The Morgan fingerprint density at radius 3 is 2.24 bits per heavy atom. The van der Waals surface area contributed by atoms with Crippen LogP contribution in [0.5, 0.6) is 0 Å². The topological polar surface area (TPSA) is 95.6 Å². The molecule has 7 nitrogen and oxygen atoms in total. The van der Waals surface area contributed by atoms with E-state index in [1.807, 2.05) is 26.0 Å². The lowest BCUT2D eigenvalue weighted by molar-refractivity contribution is -0.116. The quantitative estimate of drug-likeness (QED) is 0.688. The Balaban J connectivity index is 2.00. The van der Waals surface area contributed by atoms with Gasteiger partial charge in [0.05, 0.1) is 11.9 Å². The summed E-state index contributed by atoms with van der Waals surface area (Å²) in [6.07, 6.45) is 1.71. The molecule has 2 amide bonds. The molecule has 0 saturated carbocycles. The SMILES string of the molecule is CC(=O)Nc1cccc(NC(=O)CCCN(c2cccc(C)c2C)S(C)(=O)=O)c1. The second-order valence-electron chi connectivity index (χ2n) is 6.97. The van der Waals surface area contributed by atoms with Gasteiger partial charge < -0.3 is 10.6 Å². The van der Waals surface area contributed by atoms with Crippen molar-refractivity contribution in [3.63, 3.8) is 0 Å². The molecule has 0 bridgehead atoms. The fourth-order valence-electron chi connectivity index (χ4n) is 2.96. The average molecular weight is 418 g/mol. The van der Waals surface area contributed by atoms with E-state index in [0.29, 0.717) is 23.5 Å². The number of amides is 2. The van der Waals surface area contributed by atoms with Gasteiger partial charge in [0.2, 0.25) is 21.8 Å². The van der Waals surface area contributed by atoms with Crippen LogP contribution in [-0.2, 0) is 19.6 Å². The third-order valence-corrected chi connectivity index (χ3v) is 5.66. The zero-order valence-electron chi connectivity index (χ0n) is 17.2. The summed E-state index contributed by atoms with van der Waals surface area (Å²) in [5, 5.41) is 5.43. The molecular formula is C21H27N3O4S. The minimum absolute atomic E-state index is 0.168. The number of rotatable bonds is 8. The minimum Gasteiger partial charge on any atom is -0.326 e. The van der Waals surface area contributed by atoms with E-state index < -0.39 is 10.0 Å². The van der Waals surface area contributed by atoms with Crippen molar-refractivity contribution >= 4 is 38.9 Å². The molecule has 0 aromatic heterocycles. The number of carbonyl (C=O) groups excluding carboxylic acids is 2. The van der Waals surface area contributed by atoms with Crippen molar-refractivity contribution in [3.05, 3.63) is 53.6 Å². The molecule has 0 heterocycles. The smallest absolute Gasteiger partial charge is 0.232 e. The summed E-state index contributed by atoms with van der Waals surface area (Å²) in [5.74, 6) is -0.417. The number of anilines is 3. The third kappa shape index (κ3) is 6.60. The van der Waals surface area contributed by atoms with Crippen molar-refractivity contribution in [2.24, 2.45) is 0 Å². The van der Waals surface area contributed by atoms with E-state index in [-0.39, 0.29) is 24.8 Å². The molecule has 2 aromatic rings. The monoisotopic (exact) mass is 417 g/mol. The van der Waals surface area contributed by atoms with Crippen LogP contribution in [-0.4, -0.2) is 33.0 Å². The maximum Gasteiger partial charge on any atom is 0.232 e. The molecule has 0 saturated heterocycles. The molecular weight excluding hydrogens is 390 g/mol. The van der Waals surface area contributed by atoms with Gasteiger partial charge >= 0.3 is 0 Å². The highest BCUT2D eigenvalue weighted by atomic mass is 32.2. The summed E-state index contributed by atoms with van der Waals surface area (Å²) in [4.78, 5) is 23.4. The van der Waals surface area contributed by atoms with Crippen molar-refractivity contribution < 1.29 is 18.0 Å². The number of nitrogens with zero attached hydrogens (tertiary/aromatic N) is 1. The molecule has 0 aliphatic rings. The second kappa shape index (κ2) is 9.56. The standard InChI is InChI=1S/C21H27N3O4S/c1-15-8-5-11-20(16(15)2)24(29(4,27)28)13-7-12-21(26)23-19-10-6-9-18(14-19)22-17(3)25/h5-6,8-11,14H,7,12-13H2,1-4H3,(H,22,25)(H,23,26). The highest BCUT2D eigenvalue weighted by Gasteiger charge is 2.20. The maximum absolute atomic E-state index is 12.3. The fourth-order valence-corrected chi connectivity index (χ4v) is 3.97. The molecule has 156 valence electrons. The molecule has 0 spiro atoms. The van der Waals surface area contributed by atoms with Gasteiger partial charge in [0.1, 0.15) is 0 Å². The van der Waals surface area contributed by atoms with Gasteiger partial charge in [0.15, 0.2) is 0 Å². The molecule has 29 heavy (non-hydrogen) atoms. The van der Waals surface area contributed by atoms with E-state index in [1.54, 1.807) is 30.3 Å². The number of hydrogen-bond donors (Lipinski definition) is 2. The van der Waals surface area contributed by atoms with Crippen LogP contribution < -0.4 is 14.9 Å². The fraction of sp³-hybridized carbons (Fsp3) is 0.333. The molecule has 2 N–H and O–H groups in total. The lowest BCUT2D eigenvalue weighted by Gasteiger charge is -2.24.